The van der Waals surface area contributed by atoms with Gasteiger partial charge in [0.25, 0.3) is 0 Å². The molecular formula is C11H21ClN2. The maximum absolute atomic E-state index is 5.68. The van der Waals surface area contributed by atoms with Crippen molar-refractivity contribution in [3.8, 4) is 0 Å². The minimum atomic E-state index is 0.653. The summed E-state index contributed by atoms with van der Waals surface area (Å²) in [6.45, 7) is 8.84. The largest absolute Gasteiger partial charge is 0.313 e. The van der Waals surface area contributed by atoms with E-state index in [1.807, 2.05) is 0 Å². The van der Waals surface area contributed by atoms with Gasteiger partial charge in [-0.25, -0.2) is 0 Å². The highest BCUT2D eigenvalue weighted by Gasteiger charge is 2.15. The van der Waals surface area contributed by atoms with E-state index in [4.69, 9.17) is 11.6 Å². The normalized spacial score (nSPS) is 26.2. The molecule has 0 aliphatic carbocycles. The summed E-state index contributed by atoms with van der Waals surface area (Å²) in [6.07, 6.45) is 2.45. The van der Waals surface area contributed by atoms with Gasteiger partial charge >= 0.3 is 0 Å². The molecular weight excluding hydrogens is 196 g/mol. The van der Waals surface area contributed by atoms with Crippen LogP contribution in [-0.2, 0) is 0 Å². The van der Waals surface area contributed by atoms with Gasteiger partial charge in [0.2, 0.25) is 0 Å². The van der Waals surface area contributed by atoms with Crippen molar-refractivity contribution in [2.24, 2.45) is 0 Å². The lowest BCUT2D eigenvalue weighted by Gasteiger charge is -2.23. The maximum atomic E-state index is 5.68. The van der Waals surface area contributed by atoms with Crippen molar-refractivity contribution in [2.45, 2.75) is 32.7 Å². The summed E-state index contributed by atoms with van der Waals surface area (Å²) < 4.78 is 0. The Hall–Kier alpha value is -0.0500. The molecule has 0 spiro atoms. The van der Waals surface area contributed by atoms with E-state index >= 15 is 0 Å². The number of hydrogen-bond donors (Lipinski definition) is 1. The summed E-state index contributed by atoms with van der Waals surface area (Å²) in [4.78, 5) is 2.49. The Labute approximate surface area is 92.3 Å². The van der Waals surface area contributed by atoms with Gasteiger partial charge in [0.1, 0.15) is 0 Å². The van der Waals surface area contributed by atoms with Crippen molar-refractivity contribution in [3.05, 3.63) is 11.1 Å². The SMILES string of the molecule is CCC1CN(CC(C)=CCl)CCCN1. The first-order chi connectivity index (χ1) is 6.76. The fourth-order valence-corrected chi connectivity index (χ4v) is 1.95. The molecule has 1 aliphatic rings. The molecule has 82 valence electrons. The quantitative estimate of drug-likeness (QED) is 0.778. The molecule has 0 aromatic rings. The zero-order valence-electron chi connectivity index (χ0n) is 9.22. The van der Waals surface area contributed by atoms with Gasteiger partial charge in [-0.2, -0.15) is 0 Å². The molecule has 1 aliphatic heterocycles. The van der Waals surface area contributed by atoms with Gasteiger partial charge in [-0.1, -0.05) is 18.5 Å². The summed E-state index contributed by atoms with van der Waals surface area (Å²) in [7, 11) is 0. The van der Waals surface area contributed by atoms with Crippen LogP contribution in [0.3, 0.4) is 0 Å². The molecule has 1 atom stereocenters. The third-order valence-corrected chi connectivity index (χ3v) is 3.09. The molecule has 1 heterocycles. The Balaban J connectivity index is 2.42. The molecule has 1 unspecified atom stereocenters. The molecule has 0 amide bonds. The number of hydrogen-bond acceptors (Lipinski definition) is 2. The van der Waals surface area contributed by atoms with Crippen LogP contribution in [0.2, 0.25) is 0 Å². The molecule has 0 bridgehead atoms. The van der Waals surface area contributed by atoms with Crippen LogP contribution in [0.4, 0.5) is 0 Å². The molecule has 1 saturated heterocycles. The van der Waals surface area contributed by atoms with Gasteiger partial charge in [0, 0.05) is 24.7 Å². The molecule has 0 radical (unpaired) electrons. The third-order valence-electron chi connectivity index (χ3n) is 2.71. The van der Waals surface area contributed by atoms with Crippen molar-refractivity contribution in [1.29, 1.82) is 0 Å². The van der Waals surface area contributed by atoms with Crippen LogP contribution in [0.5, 0.6) is 0 Å². The van der Waals surface area contributed by atoms with Crippen molar-refractivity contribution in [2.75, 3.05) is 26.2 Å². The van der Waals surface area contributed by atoms with Crippen LogP contribution in [0.1, 0.15) is 26.7 Å². The Morgan fingerprint density at radius 2 is 2.43 bits per heavy atom. The van der Waals surface area contributed by atoms with E-state index in [1.54, 1.807) is 5.54 Å². The monoisotopic (exact) mass is 216 g/mol. The topological polar surface area (TPSA) is 15.3 Å². The van der Waals surface area contributed by atoms with Gasteiger partial charge in [0.05, 0.1) is 0 Å². The fourth-order valence-electron chi connectivity index (χ4n) is 1.88. The number of halogens is 1. The van der Waals surface area contributed by atoms with Crippen molar-refractivity contribution in [1.82, 2.24) is 10.2 Å². The van der Waals surface area contributed by atoms with Crippen LogP contribution in [0, 0.1) is 0 Å². The first-order valence-corrected chi connectivity index (χ1v) is 5.91. The van der Waals surface area contributed by atoms with Crippen molar-refractivity contribution >= 4 is 11.6 Å². The third kappa shape index (κ3) is 3.99. The van der Waals surface area contributed by atoms with Gasteiger partial charge in [-0.15, -0.1) is 0 Å². The second-order valence-electron chi connectivity index (χ2n) is 4.10. The fraction of sp³-hybridized carbons (Fsp3) is 0.818. The highest BCUT2D eigenvalue weighted by atomic mass is 35.5. The Bertz CT molecular complexity index is 192. The predicted molar refractivity (Wildman–Crippen MR) is 62.7 cm³/mol. The lowest BCUT2D eigenvalue weighted by molar-refractivity contribution is 0.286. The van der Waals surface area contributed by atoms with E-state index in [0.29, 0.717) is 6.04 Å². The van der Waals surface area contributed by atoms with Crippen LogP contribution in [0.15, 0.2) is 11.1 Å². The summed E-state index contributed by atoms with van der Waals surface area (Å²) in [6, 6.07) is 0.653. The van der Waals surface area contributed by atoms with E-state index in [0.717, 1.165) is 19.6 Å². The summed E-state index contributed by atoms with van der Waals surface area (Å²) in [5.41, 5.74) is 2.95. The zero-order valence-corrected chi connectivity index (χ0v) is 9.98. The van der Waals surface area contributed by atoms with E-state index in [-0.39, 0.29) is 0 Å². The summed E-state index contributed by atoms with van der Waals surface area (Å²) in [5.74, 6) is 0. The van der Waals surface area contributed by atoms with Crippen LogP contribution in [0.25, 0.3) is 0 Å². The molecule has 1 fully saturated rings. The number of rotatable bonds is 3. The Kier molecular flexibility index (Phi) is 5.53. The average molecular weight is 217 g/mol. The first-order valence-electron chi connectivity index (χ1n) is 5.47. The minimum Gasteiger partial charge on any atom is -0.313 e. The summed E-state index contributed by atoms with van der Waals surface area (Å²) >= 11 is 5.68. The van der Waals surface area contributed by atoms with Crippen LogP contribution >= 0.6 is 11.6 Å². The predicted octanol–water partition coefficient (Wildman–Crippen LogP) is 2.20. The average Bonchev–Trinajstić information content (AvgIpc) is 2.42. The maximum Gasteiger partial charge on any atom is 0.0202 e. The van der Waals surface area contributed by atoms with E-state index in [2.05, 4.69) is 24.1 Å². The summed E-state index contributed by atoms with van der Waals surface area (Å²) in [5, 5.41) is 3.56. The lowest BCUT2D eigenvalue weighted by Crippen LogP contribution is -2.37. The second kappa shape index (κ2) is 6.44. The lowest BCUT2D eigenvalue weighted by atomic mass is 10.2. The van der Waals surface area contributed by atoms with Gasteiger partial charge in [-0.3, -0.25) is 4.90 Å². The Morgan fingerprint density at radius 1 is 1.64 bits per heavy atom. The molecule has 0 saturated carbocycles. The molecule has 1 rings (SSSR count). The molecule has 14 heavy (non-hydrogen) atoms. The number of nitrogens with zero attached hydrogens (tertiary/aromatic N) is 1. The van der Waals surface area contributed by atoms with Crippen LogP contribution in [-0.4, -0.2) is 37.1 Å². The first kappa shape index (κ1) is 12.0. The zero-order chi connectivity index (χ0) is 10.4. The van der Waals surface area contributed by atoms with Crippen molar-refractivity contribution in [3.63, 3.8) is 0 Å². The van der Waals surface area contributed by atoms with E-state index < -0.39 is 0 Å². The van der Waals surface area contributed by atoms with Gasteiger partial charge in [0.15, 0.2) is 0 Å². The van der Waals surface area contributed by atoms with Crippen LogP contribution < -0.4 is 5.32 Å². The molecule has 0 aromatic carbocycles. The van der Waals surface area contributed by atoms with Gasteiger partial charge in [-0.05, 0) is 38.4 Å². The smallest absolute Gasteiger partial charge is 0.0202 e. The second-order valence-corrected chi connectivity index (χ2v) is 4.32. The van der Waals surface area contributed by atoms with E-state index in [9.17, 15) is 0 Å². The van der Waals surface area contributed by atoms with Gasteiger partial charge < -0.3 is 5.32 Å². The minimum absolute atomic E-state index is 0.653. The molecule has 2 nitrogen and oxygen atoms in total. The Morgan fingerprint density at radius 3 is 3.07 bits per heavy atom. The van der Waals surface area contributed by atoms with Crippen molar-refractivity contribution < 1.29 is 0 Å². The highest BCUT2D eigenvalue weighted by Crippen LogP contribution is 2.07. The number of nitrogens with one attached hydrogen (secondary N) is 1. The molecule has 1 N–H and O–H groups in total. The standard InChI is InChI=1S/C11H21ClN2/c1-3-11-9-14(6-4-5-13-11)8-10(2)7-12/h7,11,13H,3-6,8-9H2,1-2H3. The molecule has 0 aromatic heterocycles. The molecule has 3 heteroatoms. The van der Waals surface area contributed by atoms with E-state index in [1.165, 1.54) is 25.0 Å². The highest BCUT2D eigenvalue weighted by molar-refractivity contribution is 6.25.